The molecule has 0 radical (unpaired) electrons. The summed E-state index contributed by atoms with van der Waals surface area (Å²) in [6.45, 7) is 8.41. The molecule has 10 heteroatoms. The van der Waals surface area contributed by atoms with Crippen LogP contribution in [-0.4, -0.2) is 50.1 Å². The van der Waals surface area contributed by atoms with E-state index in [-0.39, 0.29) is 29.5 Å². The standard InChI is InChI=1S/C27H36N6O4/c1-15-6-11-18-19(32(15)26(36)37-5)12-13-20-23(18)29-25(28-22-14-21(30-31-22)27(2,3)4)33(20)17-9-7-16(8-10-17)24(34)35/h12-17H,6-11H2,1-5H3,(H,34,35)(H2,28,29,30,31)/t15-,16-,17-/m0/s1. The predicted octanol–water partition coefficient (Wildman–Crippen LogP) is 5.52. The van der Waals surface area contributed by atoms with Gasteiger partial charge in [0.05, 0.1) is 29.7 Å². The third kappa shape index (κ3) is 4.53. The summed E-state index contributed by atoms with van der Waals surface area (Å²) in [5.74, 6) is 0.340. The largest absolute Gasteiger partial charge is 0.481 e. The van der Waals surface area contributed by atoms with Gasteiger partial charge in [-0.3, -0.25) is 14.8 Å². The first-order valence-corrected chi connectivity index (χ1v) is 13.0. The Kier molecular flexibility index (Phi) is 6.37. The van der Waals surface area contributed by atoms with Crippen LogP contribution in [0.3, 0.4) is 0 Å². The Morgan fingerprint density at radius 3 is 2.51 bits per heavy atom. The van der Waals surface area contributed by atoms with Crippen molar-refractivity contribution in [1.82, 2.24) is 19.7 Å². The minimum Gasteiger partial charge on any atom is -0.481 e. The van der Waals surface area contributed by atoms with Gasteiger partial charge in [0.15, 0.2) is 5.82 Å². The second kappa shape index (κ2) is 9.39. The molecule has 3 heterocycles. The number of aliphatic carboxylic acids is 1. The molecule has 0 bridgehead atoms. The van der Waals surface area contributed by atoms with Gasteiger partial charge in [-0.15, -0.1) is 0 Å². The van der Waals surface area contributed by atoms with E-state index in [4.69, 9.17) is 9.72 Å². The molecule has 1 saturated carbocycles. The number of carboxylic acids is 1. The second-order valence-electron chi connectivity index (χ2n) is 11.3. The van der Waals surface area contributed by atoms with Gasteiger partial charge in [-0.2, -0.15) is 5.10 Å². The van der Waals surface area contributed by atoms with E-state index in [2.05, 4.69) is 40.9 Å². The van der Waals surface area contributed by atoms with Crippen molar-refractivity contribution in [3.8, 4) is 0 Å². The van der Waals surface area contributed by atoms with Gasteiger partial charge in [0.1, 0.15) is 0 Å². The zero-order valence-corrected chi connectivity index (χ0v) is 22.2. The molecule has 1 amide bonds. The highest BCUT2D eigenvalue weighted by molar-refractivity contribution is 5.96. The number of nitrogens with one attached hydrogen (secondary N) is 2. The zero-order chi connectivity index (χ0) is 26.5. The van der Waals surface area contributed by atoms with Gasteiger partial charge in [-0.05, 0) is 57.6 Å². The van der Waals surface area contributed by atoms with E-state index in [1.807, 2.05) is 25.1 Å². The highest BCUT2D eigenvalue weighted by Crippen LogP contribution is 2.42. The Hall–Kier alpha value is -3.56. The molecule has 3 aromatic rings. The molecule has 1 aliphatic heterocycles. The average molecular weight is 509 g/mol. The molecular weight excluding hydrogens is 472 g/mol. The quantitative estimate of drug-likeness (QED) is 0.423. The molecule has 0 saturated heterocycles. The number of ether oxygens (including phenoxy) is 1. The Balaban J connectivity index is 1.60. The number of anilines is 3. The molecule has 198 valence electrons. The van der Waals surface area contributed by atoms with Crippen LogP contribution in [0.4, 0.5) is 22.2 Å². The maximum Gasteiger partial charge on any atom is 0.414 e. The molecular formula is C27H36N6O4. The smallest absolute Gasteiger partial charge is 0.414 e. The number of benzene rings is 1. The average Bonchev–Trinajstić information content (AvgIpc) is 3.48. The summed E-state index contributed by atoms with van der Waals surface area (Å²) >= 11 is 0. The first-order valence-electron chi connectivity index (χ1n) is 13.0. The SMILES string of the molecule is COC(=O)N1c2ccc3c(nc(Nc4cc(C(C)(C)C)[nH]n4)n3[C@H]3CC[C@H](C(=O)O)CC3)c2CC[C@@H]1C. The van der Waals surface area contributed by atoms with Crippen molar-refractivity contribution in [2.45, 2.75) is 83.7 Å². The Morgan fingerprint density at radius 1 is 1.16 bits per heavy atom. The molecule has 5 rings (SSSR count). The summed E-state index contributed by atoms with van der Waals surface area (Å²) in [5, 5.41) is 20.5. The normalized spacial score (nSPS) is 22.1. The molecule has 10 nitrogen and oxygen atoms in total. The van der Waals surface area contributed by atoms with E-state index in [9.17, 15) is 14.7 Å². The summed E-state index contributed by atoms with van der Waals surface area (Å²) in [5.41, 5.74) is 4.63. The van der Waals surface area contributed by atoms with E-state index >= 15 is 0 Å². The van der Waals surface area contributed by atoms with E-state index in [0.717, 1.165) is 53.7 Å². The number of rotatable bonds is 4. The van der Waals surface area contributed by atoms with Crippen LogP contribution >= 0.6 is 0 Å². The number of carbonyl (C=O) groups excluding carboxylic acids is 1. The first-order chi connectivity index (χ1) is 17.6. The number of methoxy groups -OCH3 is 1. The molecule has 1 atom stereocenters. The molecule has 0 spiro atoms. The summed E-state index contributed by atoms with van der Waals surface area (Å²) in [7, 11) is 1.40. The Morgan fingerprint density at radius 2 is 1.89 bits per heavy atom. The number of aromatic nitrogens is 4. The van der Waals surface area contributed by atoms with Crippen LogP contribution in [0.15, 0.2) is 18.2 Å². The van der Waals surface area contributed by atoms with Crippen molar-refractivity contribution in [3.63, 3.8) is 0 Å². The molecule has 3 N–H and O–H groups in total. The molecule has 1 aliphatic carbocycles. The van der Waals surface area contributed by atoms with Gasteiger partial charge in [-0.1, -0.05) is 20.8 Å². The number of hydrogen-bond acceptors (Lipinski definition) is 6. The summed E-state index contributed by atoms with van der Waals surface area (Å²) in [6.07, 6.45) is 4.03. The molecule has 2 aliphatic rings. The fourth-order valence-electron chi connectivity index (χ4n) is 5.70. The molecule has 1 fully saturated rings. The van der Waals surface area contributed by atoms with Crippen LogP contribution in [0.1, 0.15) is 77.1 Å². The minimum atomic E-state index is -0.718. The van der Waals surface area contributed by atoms with Crippen LogP contribution in [0.5, 0.6) is 0 Å². The van der Waals surface area contributed by atoms with Crippen LogP contribution in [-0.2, 0) is 21.4 Å². The van der Waals surface area contributed by atoms with Gasteiger partial charge < -0.3 is 19.7 Å². The topological polar surface area (TPSA) is 125 Å². The van der Waals surface area contributed by atoms with Crippen molar-refractivity contribution in [2.75, 3.05) is 17.3 Å². The Bertz CT molecular complexity index is 1330. The van der Waals surface area contributed by atoms with Crippen molar-refractivity contribution >= 4 is 40.5 Å². The highest BCUT2D eigenvalue weighted by atomic mass is 16.5. The number of nitrogens with zero attached hydrogens (tertiary/aromatic N) is 4. The van der Waals surface area contributed by atoms with Crippen LogP contribution in [0, 0.1) is 5.92 Å². The van der Waals surface area contributed by atoms with Crippen LogP contribution in [0.2, 0.25) is 0 Å². The number of H-pyrrole nitrogens is 1. The first kappa shape index (κ1) is 25.1. The Labute approximate surface area is 216 Å². The van der Waals surface area contributed by atoms with E-state index in [1.54, 1.807) is 4.90 Å². The van der Waals surface area contributed by atoms with Crippen molar-refractivity contribution < 1.29 is 19.4 Å². The van der Waals surface area contributed by atoms with Crippen LogP contribution in [0.25, 0.3) is 11.0 Å². The van der Waals surface area contributed by atoms with Gasteiger partial charge in [0.25, 0.3) is 0 Å². The second-order valence-corrected chi connectivity index (χ2v) is 11.3. The number of hydrogen-bond donors (Lipinski definition) is 3. The zero-order valence-electron chi connectivity index (χ0n) is 22.2. The van der Waals surface area contributed by atoms with E-state index in [1.165, 1.54) is 7.11 Å². The van der Waals surface area contributed by atoms with Gasteiger partial charge in [0, 0.05) is 34.8 Å². The fraction of sp³-hybridized carbons (Fsp3) is 0.556. The summed E-state index contributed by atoms with van der Waals surface area (Å²) in [6, 6.07) is 6.15. The number of aromatic amines is 1. The van der Waals surface area contributed by atoms with Crippen molar-refractivity contribution in [3.05, 3.63) is 29.5 Å². The van der Waals surface area contributed by atoms with Gasteiger partial charge in [-0.25, -0.2) is 9.78 Å². The summed E-state index contributed by atoms with van der Waals surface area (Å²) < 4.78 is 7.29. The van der Waals surface area contributed by atoms with Gasteiger partial charge >= 0.3 is 12.1 Å². The summed E-state index contributed by atoms with van der Waals surface area (Å²) in [4.78, 5) is 31.0. The highest BCUT2D eigenvalue weighted by Gasteiger charge is 2.34. The number of imidazole rings is 1. The lowest BCUT2D eigenvalue weighted by molar-refractivity contribution is -0.143. The predicted molar refractivity (Wildman–Crippen MR) is 142 cm³/mol. The number of carboxylic acid groups (broad SMARTS) is 1. The van der Waals surface area contributed by atoms with E-state index < -0.39 is 5.97 Å². The lowest BCUT2D eigenvalue weighted by atomic mass is 9.86. The maximum absolute atomic E-state index is 12.6. The fourth-order valence-corrected chi connectivity index (χ4v) is 5.70. The van der Waals surface area contributed by atoms with Crippen molar-refractivity contribution in [2.24, 2.45) is 5.92 Å². The lowest BCUT2D eigenvalue weighted by Crippen LogP contribution is -2.42. The molecule has 1 aromatic carbocycles. The molecule has 37 heavy (non-hydrogen) atoms. The minimum absolute atomic E-state index is 0.0308. The number of aryl methyl sites for hydroxylation is 1. The van der Waals surface area contributed by atoms with Crippen molar-refractivity contribution in [1.29, 1.82) is 0 Å². The molecule has 2 aromatic heterocycles. The molecule has 0 unspecified atom stereocenters. The lowest BCUT2D eigenvalue weighted by Gasteiger charge is -2.34. The third-order valence-corrected chi connectivity index (χ3v) is 7.86. The third-order valence-electron chi connectivity index (χ3n) is 7.86. The number of amides is 1. The number of fused-ring (bicyclic) bond motifs is 3. The monoisotopic (exact) mass is 508 g/mol. The van der Waals surface area contributed by atoms with Crippen LogP contribution < -0.4 is 10.2 Å². The van der Waals surface area contributed by atoms with Gasteiger partial charge in [0.2, 0.25) is 5.95 Å². The van der Waals surface area contributed by atoms with E-state index in [0.29, 0.717) is 24.6 Å². The maximum atomic E-state index is 12.6. The number of carbonyl (C=O) groups is 2.